The normalized spacial score (nSPS) is 23.9. The number of aryl methyl sites for hydroxylation is 6. The summed E-state index contributed by atoms with van der Waals surface area (Å²) in [6.45, 7) is 22.9. The zero-order chi connectivity index (χ0) is 55.9. The van der Waals surface area contributed by atoms with E-state index in [1.54, 1.807) is 30.3 Å². The second kappa shape index (κ2) is 28.3. The standard InChI is InChI=1S/C19H18N2.C18H21N.C7H12N2.C6H9NO2.C6H12S.C4H7N3.C3H7NO/c1-13-11-20-19-16-9-5-6-10-17(16)21(2)12-14-7-3-4-8-15(14)18(13)19;1-11-3-5-13(6-4-11)16-9-19-10-17-14-7-12(2)15(8-14)18(16)17;1-4-7-5-6(2)8-9(7)3;1-4-3-5(8)7(2)6(4)9;1-5-3-6(2)7-4-5;1-4-3-7(2)6-5-4;1-3-4-5-2/h3-11,13H,12H2,1-2H3;3-6,10,12,14-15,17H,7-9H2,1-2H3;5H,4H2,1-3H3;4H,3H2,1-2H3;5-6H,3-4H2,1-2H3;3H,1-2H3;3H,1-2H3/b;;;;;;4-3+. The Labute approximate surface area is 464 Å². The number of nitrogens with zero attached hydrogens (tertiary/aromatic N) is 10. The van der Waals surface area contributed by atoms with E-state index < -0.39 is 0 Å². The van der Waals surface area contributed by atoms with Crippen molar-refractivity contribution in [1.29, 1.82) is 0 Å². The van der Waals surface area contributed by atoms with Crippen LogP contribution in [0.25, 0.3) is 16.8 Å². The molecule has 0 radical (unpaired) electrons. The van der Waals surface area contributed by atoms with Crippen LogP contribution in [-0.2, 0) is 41.5 Å². The summed E-state index contributed by atoms with van der Waals surface area (Å²) < 4.78 is 3.60. The molecule has 2 aromatic heterocycles. The lowest BCUT2D eigenvalue weighted by Gasteiger charge is -2.31. The van der Waals surface area contributed by atoms with E-state index in [1.807, 2.05) is 38.8 Å². The van der Waals surface area contributed by atoms with Gasteiger partial charge in [-0.2, -0.15) is 16.9 Å². The summed E-state index contributed by atoms with van der Waals surface area (Å²) in [6, 6.07) is 28.4. The number of para-hydroxylation sites is 1. The molecule has 0 N–H and O–H groups in total. The van der Waals surface area contributed by atoms with Crippen molar-refractivity contribution in [3.05, 3.63) is 136 Å². The van der Waals surface area contributed by atoms with Crippen molar-refractivity contribution in [3.63, 3.8) is 0 Å². The van der Waals surface area contributed by atoms with Crippen LogP contribution < -0.4 is 4.90 Å². The number of allylic oxidation sites excluding steroid dienone is 2. The van der Waals surface area contributed by atoms with E-state index in [0.717, 1.165) is 65.5 Å². The van der Waals surface area contributed by atoms with E-state index in [1.165, 1.54) is 94.4 Å². The number of rotatable bonds is 3. The van der Waals surface area contributed by atoms with E-state index in [4.69, 9.17) is 4.99 Å². The number of dihydropyridines is 1. The fourth-order valence-electron chi connectivity index (χ4n) is 11.4. The third-order valence-corrected chi connectivity index (χ3v) is 16.8. The maximum atomic E-state index is 10.8. The van der Waals surface area contributed by atoms with Crippen LogP contribution in [0.2, 0.25) is 0 Å². The van der Waals surface area contributed by atoms with Crippen LogP contribution in [0, 0.1) is 62.2 Å². The second-order valence-electron chi connectivity index (χ2n) is 21.7. The number of hydrogen-bond acceptors (Lipinski definition) is 11. The van der Waals surface area contributed by atoms with Gasteiger partial charge in [0.2, 0.25) is 11.8 Å². The van der Waals surface area contributed by atoms with Gasteiger partial charge in [0.1, 0.15) is 7.11 Å². The molecule has 5 aliphatic heterocycles. The number of amides is 2. The minimum Gasteiger partial charge on any atom is -0.399 e. The maximum absolute atomic E-state index is 10.8. The van der Waals surface area contributed by atoms with Crippen molar-refractivity contribution >= 4 is 64.8 Å². The van der Waals surface area contributed by atoms with Crippen LogP contribution in [0.5, 0.6) is 0 Å². The molecule has 8 atom stereocenters. The molecule has 5 aromatic rings. The van der Waals surface area contributed by atoms with Gasteiger partial charge >= 0.3 is 0 Å². The lowest BCUT2D eigenvalue weighted by molar-refractivity contribution is -0.137. The predicted molar refractivity (Wildman–Crippen MR) is 321 cm³/mol. The van der Waals surface area contributed by atoms with Gasteiger partial charge in [0, 0.05) is 106 Å². The summed E-state index contributed by atoms with van der Waals surface area (Å²) in [4.78, 5) is 38.7. The number of hydrogen-bond donors (Lipinski definition) is 0. The van der Waals surface area contributed by atoms with Gasteiger partial charge in [-0.05, 0) is 123 Å². The topological polar surface area (TPSA) is 135 Å². The molecule has 412 valence electrons. The SMILES string of the molecule is C/C=N/OC.CC1C=NC2=C1c1ccccc1CN(C)c1ccccc12.CC1CC(=O)N(C)C1=O.CC1CSC(C)C1.CCc1cc(C)nn1C.Cc1ccc(C2=C3C(C=NC2)C2CC(C)C3C2)cc1.Cc1cn(C)nn1. The molecule has 2 amide bonds. The van der Waals surface area contributed by atoms with E-state index in [9.17, 15) is 9.59 Å². The molecular formula is C63H86N10O3S. The summed E-state index contributed by atoms with van der Waals surface area (Å²) in [5, 5.41) is 15.9. The quantitative estimate of drug-likeness (QED) is 0.0990. The Morgan fingerprint density at radius 1 is 0.844 bits per heavy atom. The van der Waals surface area contributed by atoms with E-state index in [-0.39, 0.29) is 17.7 Å². The van der Waals surface area contributed by atoms with Gasteiger partial charge in [0.05, 0.1) is 23.6 Å². The largest absolute Gasteiger partial charge is 0.399 e. The number of anilines is 1. The molecule has 2 bridgehead atoms. The van der Waals surface area contributed by atoms with Gasteiger partial charge in [0.15, 0.2) is 0 Å². The molecule has 2 saturated carbocycles. The molecule has 7 heterocycles. The zero-order valence-electron chi connectivity index (χ0n) is 48.7. The number of oxime groups is 1. The highest BCUT2D eigenvalue weighted by Gasteiger charge is 2.48. The van der Waals surface area contributed by atoms with Gasteiger partial charge in [-0.25, -0.2) is 0 Å². The van der Waals surface area contributed by atoms with Crippen LogP contribution in [0.3, 0.4) is 0 Å². The minimum atomic E-state index is -0.0949. The summed E-state index contributed by atoms with van der Waals surface area (Å²) in [5.41, 5.74) is 17.1. The molecule has 0 spiro atoms. The maximum Gasteiger partial charge on any atom is 0.232 e. The second-order valence-corrected chi connectivity index (χ2v) is 23.2. The molecule has 7 aliphatic rings. The average molecular weight is 1060 g/mol. The number of thioether (sulfide) groups is 1. The van der Waals surface area contributed by atoms with Crippen molar-refractivity contribution in [2.45, 2.75) is 113 Å². The number of benzene rings is 3. The monoisotopic (exact) mass is 1060 g/mol. The Bertz CT molecular complexity index is 2890. The number of imide groups is 1. The highest BCUT2D eigenvalue weighted by atomic mass is 32.2. The Morgan fingerprint density at radius 3 is 2.04 bits per heavy atom. The average Bonchev–Trinajstić information content (AvgIpc) is 4.32. The van der Waals surface area contributed by atoms with E-state index >= 15 is 0 Å². The van der Waals surface area contributed by atoms with E-state index in [0.29, 0.717) is 18.3 Å². The first-order valence-corrected chi connectivity index (χ1v) is 28.6. The van der Waals surface area contributed by atoms with Crippen LogP contribution in [0.1, 0.15) is 119 Å². The molecule has 2 saturated heterocycles. The smallest absolute Gasteiger partial charge is 0.232 e. The molecule has 8 unspecified atom stereocenters. The van der Waals surface area contributed by atoms with Crippen molar-refractivity contribution in [2.75, 3.05) is 38.4 Å². The lowest BCUT2D eigenvalue weighted by Crippen LogP contribution is -2.24. The van der Waals surface area contributed by atoms with Crippen LogP contribution in [0.15, 0.2) is 106 Å². The Balaban J connectivity index is 0.000000156. The Kier molecular flexibility index (Phi) is 22.0. The molecule has 13 nitrogen and oxygen atoms in total. The molecule has 14 heteroatoms. The van der Waals surface area contributed by atoms with Crippen LogP contribution in [-0.4, -0.2) is 98.9 Å². The third-order valence-electron chi connectivity index (χ3n) is 15.3. The van der Waals surface area contributed by atoms with Crippen molar-refractivity contribution in [3.8, 4) is 0 Å². The third kappa shape index (κ3) is 15.6. The number of aromatic nitrogens is 5. The van der Waals surface area contributed by atoms with Gasteiger partial charge < -0.3 is 9.74 Å². The van der Waals surface area contributed by atoms with Crippen LogP contribution in [0.4, 0.5) is 5.69 Å². The zero-order valence-corrected chi connectivity index (χ0v) is 49.5. The number of aliphatic imine (C=N–C) groups is 2. The lowest BCUT2D eigenvalue weighted by atomic mass is 9.75. The molecule has 2 aliphatic carbocycles. The van der Waals surface area contributed by atoms with Crippen molar-refractivity contribution in [2.24, 2.45) is 70.7 Å². The molecule has 77 heavy (non-hydrogen) atoms. The molecule has 3 aromatic carbocycles. The number of likely N-dealkylation sites (tertiary alicyclic amines) is 1. The minimum absolute atomic E-state index is 0.0556. The van der Waals surface area contributed by atoms with E-state index in [2.05, 4.69) is 187 Å². The van der Waals surface area contributed by atoms with Crippen LogP contribution >= 0.6 is 11.8 Å². The van der Waals surface area contributed by atoms with Gasteiger partial charge in [-0.1, -0.05) is 125 Å². The Hall–Kier alpha value is -6.41. The van der Waals surface area contributed by atoms with Gasteiger partial charge in [-0.15, -0.1) is 10.3 Å². The highest BCUT2D eigenvalue weighted by molar-refractivity contribution is 8.00. The molecular weight excluding hydrogens is 977 g/mol. The first-order chi connectivity index (χ1) is 36.8. The summed E-state index contributed by atoms with van der Waals surface area (Å²) in [6.07, 6.45) is 13.5. The predicted octanol–water partition coefficient (Wildman–Crippen LogP) is 12.6. The first-order valence-electron chi connectivity index (χ1n) is 27.6. The Morgan fingerprint density at radius 2 is 1.55 bits per heavy atom. The molecule has 12 rings (SSSR count). The van der Waals surface area contributed by atoms with Crippen molar-refractivity contribution in [1.82, 2.24) is 29.7 Å². The number of carbonyl (C=O) groups is 2. The fraction of sp³-hybridized carbons (Fsp3) is 0.492. The number of carbonyl (C=O) groups excluding carboxylic acids is 2. The molecule has 4 fully saturated rings. The summed E-state index contributed by atoms with van der Waals surface area (Å²) in [5.74, 6) is 5.78. The number of fused-ring (bicyclic) bond motifs is 9. The van der Waals surface area contributed by atoms with Gasteiger partial charge in [0.25, 0.3) is 0 Å². The first kappa shape index (κ1) is 59.8. The summed E-state index contributed by atoms with van der Waals surface area (Å²) >= 11 is 2.11. The fourth-order valence-corrected chi connectivity index (χ4v) is 12.7. The summed E-state index contributed by atoms with van der Waals surface area (Å²) in [7, 11) is 9.02. The van der Waals surface area contributed by atoms with Crippen molar-refractivity contribution < 1.29 is 14.4 Å². The highest BCUT2D eigenvalue weighted by Crippen LogP contribution is 2.57. The van der Waals surface area contributed by atoms with Gasteiger partial charge in [-0.3, -0.25) is 33.8 Å².